The van der Waals surface area contributed by atoms with E-state index in [1.165, 1.54) is 35.4 Å². The van der Waals surface area contributed by atoms with Crippen molar-refractivity contribution >= 4 is 21.9 Å². The molecule has 0 aliphatic carbocycles. The van der Waals surface area contributed by atoms with Crippen LogP contribution in [0.1, 0.15) is 59.1 Å². The molecule has 33 heavy (non-hydrogen) atoms. The summed E-state index contributed by atoms with van der Waals surface area (Å²) in [6.07, 6.45) is 3.22. The molecular weight excluding hydrogens is 440 g/mol. The van der Waals surface area contributed by atoms with E-state index in [0.29, 0.717) is 24.4 Å². The fourth-order valence-corrected chi connectivity index (χ4v) is 5.67. The molecule has 8 nitrogen and oxygen atoms in total. The van der Waals surface area contributed by atoms with Gasteiger partial charge in [0.1, 0.15) is 0 Å². The summed E-state index contributed by atoms with van der Waals surface area (Å²) in [6, 6.07) is 12.0. The Balaban J connectivity index is 1.41. The number of piperidine rings is 1. The van der Waals surface area contributed by atoms with Gasteiger partial charge in [-0.2, -0.15) is 4.31 Å². The predicted molar refractivity (Wildman–Crippen MR) is 125 cm³/mol. The van der Waals surface area contributed by atoms with Crippen molar-refractivity contribution in [2.45, 2.75) is 57.4 Å². The van der Waals surface area contributed by atoms with Crippen molar-refractivity contribution < 1.29 is 17.6 Å². The lowest BCUT2D eigenvalue weighted by molar-refractivity contribution is 0.102. The number of nitrogens with one attached hydrogen (secondary N) is 1. The summed E-state index contributed by atoms with van der Waals surface area (Å²) >= 11 is 0. The van der Waals surface area contributed by atoms with Crippen LogP contribution in [0.4, 0.5) is 6.01 Å². The maximum absolute atomic E-state index is 13.0. The number of carbonyl (C=O) groups excluding carboxylic acids is 1. The lowest BCUT2D eigenvalue weighted by atomic mass is 10.0. The molecule has 0 spiro atoms. The summed E-state index contributed by atoms with van der Waals surface area (Å²) < 4.78 is 33.0. The number of rotatable bonds is 6. The van der Waals surface area contributed by atoms with Gasteiger partial charge < -0.3 is 4.42 Å². The number of hydrogen-bond acceptors (Lipinski definition) is 6. The number of aromatic nitrogens is 2. The quantitative estimate of drug-likeness (QED) is 0.584. The molecule has 174 valence electrons. The van der Waals surface area contributed by atoms with E-state index >= 15 is 0 Å². The molecule has 1 N–H and O–H groups in total. The van der Waals surface area contributed by atoms with E-state index < -0.39 is 15.9 Å². The Kier molecular flexibility index (Phi) is 6.62. The van der Waals surface area contributed by atoms with E-state index in [0.717, 1.165) is 24.8 Å². The Bertz CT molecular complexity index is 1250. The van der Waals surface area contributed by atoms with Crippen molar-refractivity contribution in [1.82, 2.24) is 14.5 Å². The third kappa shape index (κ3) is 5.15. The molecule has 0 bridgehead atoms. The molecule has 0 radical (unpaired) electrons. The number of carbonyl (C=O) groups is 1. The lowest BCUT2D eigenvalue weighted by Gasteiger charge is -2.32. The number of anilines is 1. The van der Waals surface area contributed by atoms with Gasteiger partial charge in [-0.05, 0) is 74.6 Å². The zero-order valence-electron chi connectivity index (χ0n) is 19.0. The first-order chi connectivity index (χ1) is 15.7. The molecule has 1 amide bonds. The second kappa shape index (κ2) is 9.44. The van der Waals surface area contributed by atoms with Gasteiger partial charge in [-0.3, -0.25) is 10.1 Å². The normalized spacial score (nSPS) is 17.1. The van der Waals surface area contributed by atoms with Gasteiger partial charge in [0.25, 0.3) is 5.91 Å². The Labute approximate surface area is 194 Å². The fraction of sp³-hybridized carbons (Fsp3) is 0.375. The minimum atomic E-state index is -3.58. The number of aryl methyl sites for hydroxylation is 2. The first kappa shape index (κ1) is 23.1. The van der Waals surface area contributed by atoms with Crippen LogP contribution in [0.3, 0.4) is 0 Å². The second-order valence-electron chi connectivity index (χ2n) is 8.54. The van der Waals surface area contributed by atoms with E-state index in [1.807, 2.05) is 26.0 Å². The van der Waals surface area contributed by atoms with Crippen LogP contribution in [0.25, 0.3) is 0 Å². The number of sulfonamides is 1. The van der Waals surface area contributed by atoms with E-state index in [1.54, 1.807) is 4.31 Å². The van der Waals surface area contributed by atoms with Gasteiger partial charge in [0.15, 0.2) is 0 Å². The van der Waals surface area contributed by atoms with Gasteiger partial charge >= 0.3 is 6.01 Å². The number of hydrogen-bond donors (Lipinski definition) is 1. The summed E-state index contributed by atoms with van der Waals surface area (Å²) in [5.41, 5.74) is 3.73. The van der Waals surface area contributed by atoms with Crippen LogP contribution in [0.2, 0.25) is 0 Å². The Morgan fingerprint density at radius 3 is 2.55 bits per heavy atom. The Morgan fingerprint density at radius 2 is 1.85 bits per heavy atom. The zero-order chi connectivity index (χ0) is 23.6. The molecule has 3 aromatic rings. The van der Waals surface area contributed by atoms with Gasteiger partial charge in [0, 0.05) is 18.2 Å². The number of benzene rings is 2. The monoisotopic (exact) mass is 468 g/mol. The van der Waals surface area contributed by atoms with Crippen LogP contribution in [0.15, 0.2) is 51.8 Å². The van der Waals surface area contributed by atoms with Crippen molar-refractivity contribution in [1.29, 1.82) is 0 Å². The first-order valence-corrected chi connectivity index (χ1v) is 12.5. The molecule has 2 aromatic carbocycles. The summed E-state index contributed by atoms with van der Waals surface area (Å²) in [5.74, 6) is -0.0580. The highest BCUT2D eigenvalue weighted by molar-refractivity contribution is 7.89. The summed E-state index contributed by atoms with van der Waals surface area (Å²) in [7, 11) is -3.58. The van der Waals surface area contributed by atoms with Crippen molar-refractivity contribution in [3.05, 3.63) is 70.6 Å². The van der Waals surface area contributed by atoms with Crippen molar-refractivity contribution in [3.63, 3.8) is 0 Å². The van der Waals surface area contributed by atoms with Crippen molar-refractivity contribution in [2.75, 3.05) is 11.9 Å². The molecule has 1 aliphatic rings. The maximum atomic E-state index is 13.0. The van der Waals surface area contributed by atoms with Gasteiger partial charge in [-0.15, -0.1) is 5.10 Å². The highest BCUT2D eigenvalue weighted by Crippen LogP contribution is 2.25. The molecule has 2 heterocycles. The van der Waals surface area contributed by atoms with E-state index in [2.05, 4.69) is 28.5 Å². The molecule has 1 unspecified atom stereocenters. The third-order valence-corrected chi connectivity index (χ3v) is 8.11. The Morgan fingerprint density at radius 1 is 1.09 bits per heavy atom. The minimum absolute atomic E-state index is 0.00215. The molecule has 1 aromatic heterocycles. The standard InChI is InChI=1S/C24H28N4O4S/c1-16-7-8-19(14-17(16)2)15-22-26-27-24(32-22)25-23(29)20-9-11-21(12-10-20)33(30,31)28-13-5-4-6-18(28)3/h7-12,14,18H,4-6,13,15H2,1-3H3,(H,25,27,29). The SMILES string of the molecule is Cc1ccc(Cc2nnc(NC(=O)c3ccc(S(=O)(=O)N4CCCCC4C)cc3)o2)cc1C. The number of amides is 1. The van der Waals surface area contributed by atoms with E-state index in [9.17, 15) is 13.2 Å². The van der Waals surface area contributed by atoms with Gasteiger partial charge in [-0.1, -0.05) is 29.7 Å². The molecule has 1 atom stereocenters. The van der Waals surface area contributed by atoms with Crippen LogP contribution in [0, 0.1) is 13.8 Å². The van der Waals surface area contributed by atoms with E-state index in [-0.39, 0.29) is 17.0 Å². The average Bonchev–Trinajstić information content (AvgIpc) is 3.23. The van der Waals surface area contributed by atoms with Crippen LogP contribution in [-0.4, -0.2) is 41.4 Å². The first-order valence-electron chi connectivity index (χ1n) is 11.1. The molecule has 0 saturated carbocycles. The topological polar surface area (TPSA) is 105 Å². The van der Waals surface area contributed by atoms with Gasteiger partial charge in [-0.25, -0.2) is 8.42 Å². The lowest BCUT2D eigenvalue weighted by Crippen LogP contribution is -2.41. The van der Waals surface area contributed by atoms with Crippen LogP contribution in [0.5, 0.6) is 0 Å². The van der Waals surface area contributed by atoms with Crippen molar-refractivity contribution in [3.8, 4) is 0 Å². The van der Waals surface area contributed by atoms with Crippen LogP contribution in [-0.2, 0) is 16.4 Å². The van der Waals surface area contributed by atoms with E-state index in [4.69, 9.17) is 4.42 Å². The molecule has 1 fully saturated rings. The van der Waals surface area contributed by atoms with Gasteiger partial charge in [0.05, 0.1) is 11.3 Å². The summed E-state index contributed by atoms with van der Waals surface area (Å²) in [5, 5.41) is 10.5. The van der Waals surface area contributed by atoms with Crippen LogP contribution < -0.4 is 5.32 Å². The smallest absolute Gasteiger partial charge is 0.322 e. The van der Waals surface area contributed by atoms with Crippen molar-refractivity contribution in [2.24, 2.45) is 0 Å². The minimum Gasteiger partial charge on any atom is -0.407 e. The average molecular weight is 469 g/mol. The second-order valence-corrected chi connectivity index (χ2v) is 10.4. The zero-order valence-corrected chi connectivity index (χ0v) is 19.9. The summed E-state index contributed by atoms with van der Waals surface area (Å²) in [6.45, 7) is 6.54. The highest BCUT2D eigenvalue weighted by atomic mass is 32.2. The summed E-state index contributed by atoms with van der Waals surface area (Å²) in [4.78, 5) is 12.8. The maximum Gasteiger partial charge on any atom is 0.322 e. The van der Waals surface area contributed by atoms with Gasteiger partial charge in [0.2, 0.25) is 15.9 Å². The highest BCUT2D eigenvalue weighted by Gasteiger charge is 2.31. The Hall–Kier alpha value is -3.04. The molecule has 4 rings (SSSR count). The molecule has 1 aliphatic heterocycles. The molecule has 9 heteroatoms. The number of nitrogens with zero attached hydrogens (tertiary/aromatic N) is 3. The molecule has 1 saturated heterocycles. The predicted octanol–water partition coefficient (Wildman–Crippen LogP) is 4.09. The fourth-order valence-electron chi connectivity index (χ4n) is 3.98. The third-order valence-electron chi connectivity index (χ3n) is 6.08. The molecular formula is C24H28N4O4S. The largest absolute Gasteiger partial charge is 0.407 e. The van der Waals surface area contributed by atoms with Crippen LogP contribution >= 0.6 is 0 Å².